The highest BCUT2D eigenvalue weighted by molar-refractivity contribution is 5.34. The molecule has 0 amide bonds. The van der Waals surface area contributed by atoms with Crippen LogP contribution < -0.4 is 0 Å². The summed E-state index contributed by atoms with van der Waals surface area (Å²) in [5, 5.41) is 54.5. The molecule has 8 rings (SSSR count). The first kappa shape index (κ1) is 30.9. The average molecular weight is 621 g/mol. The maximum absolute atomic E-state index is 12.7. The van der Waals surface area contributed by atoms with Crippen molar-refractivity contribution in [3.63, 3.8) is 0 Å². The minimum absolute atomic E-state index is 0.0559. The summed E-state index contributed by atoms with van der Waals surface area (Å²) in [5.74, 6) is 0.108. The van der Waals surface area contributed by atoms with Gasteiger partial charge in [0.05, 0.1) is 24.4 Å². The number of rotatable bonds is 3. The summed E-state index contributed by atoms with van der Waals surface area (Å²) in [6, 6.07) is 0. The summed E-state index contributed by atoms with van der Waals surface area (Å²) in [7, 11) is 0. The SMILES string of the molecule is C[C@@H]1C[C@H]2O[C@@]3(O[C@@H]2C(C)(C)O)[C@H](O)[C@@]2(C)[C@@H]4CC[C@H]5C(C)(C)[C@@H](O[C@@H]6OC[C@H](O)[C@H](O)[C@H]6O)CC[C@@]56C[C@@]46CC[C@]2(C)[C@@H]13. The fraction of sp³-hybridized carbons (Fsp3) is 1.00. The van der Waals surface area contributed by atoms with Gasteiger partial charge in [0.2, 0.25) is 0 Å². The van der Waals surface area contributed by atoms with Crippen LogP contribution in [0.2, 0.25) is 0 Å². The van der Waals surface area contributed by atoms with Crippen LogP contribution in [0.3, 0.4) is 0 Å². The number of aliphatic hydroxyl groups excluding tert-OH is 4. The highest BCUT2D eigenvalue weighted by atomic mass is 16.8. The first-order valence-corrected chi connectivity index (χ1v) is 17.5. The second kappa shape index (κ2) is 9.00. The molecule has 9 heteroatoms. The molecule has 2 bridgehead atoms. The molecular weight excluding hydrogens is 564 g/mol. The fourth-order valence-corrected chi connectivity index (χ4v) is 14.0. The third kappa shape index (κ3) is 3.38. The van der Waals surface area contributed by atoms with Gasteiger partial charge in [0.25, 0.3) is 0 Å². The standard InChI is InChI=1S/C35H56O9/c1-17-14-19-26(30(4,5)40)44-35(43-19)25(17)31(6)12-13-34-16-33(34)11-10-22(42-27-24(38)23(37)18(36)15-41-27)29(2,3)20(33)8-9-21(34)32(31,7)28(35)39/h17-28,36-40H,8-16H2,1-7H3/t17-,18+,19-,20+,21+,22+,23+,24-,25-,26+,27+,28-,31-,32-,33-,34+,35+/m1/s1. The van der Waals surface area contributed by atoms with Crippen LogP contribution in [0.25, 0.3) is 0 Å². The monoisotopic (exact) mass is 620 g/mol. The third-order valence-electron chi connectivity index (χ3n) is 15.9. The molecule has 3 aliphatic heterocycles. The maximum Gasteiger partial charge on any atom is 0.199 e. The van der Waals surface area contributed by atoms with Crippen LogP contribution in [0.15, 0.2) is 0 Å². The number of hydrogen-bond donors (Lipinski definition) is 5. The zero-order valence-corrected chi connectivity index (χ0v) is 27.7. The molecule has 3 spiro atoms. The van der Waals surface area contributed by atoms with E-state index in [1.54, 1.807) is 13.8 Å². The Kier molecular flexibility index (Phi) is 6.33. The van der Waals surface area contributed by atoms with E-state index < -0.39 is 48.2 Å². The lowest BCUT2D eigenvalue weighted by Crippen LogP contribution is -2.61. The van der Waals surface area contributed by atoms with Gasteiger partial charge in [0, 0.05) is 11.3 Å². The van der Waals surface area contributed by atoms with Crippen molar-refractivity contribution in [3.05, 3.63) is 0 Å². The summed E-state index contributed by atoms with van der Waals surface area (Å²) in [6.07, 6.45) is 2.00. The number of aliphatic hydroxyl groups is 5. The second-order valence-corrected chi connectivity index (χ2v) is 18.3. The maximum atomic E-state index is 12.7. The summed E-state index contributed by atoms with van der Waals surface area (Å²) in [6.45, 7) is 15.2. The molecule has 5 saturated carbocycles. The molecule has 250 valence electrons. The minimum atomic E-state index is -1.28. The zero-order valence-electron chi connectivity index (χ0n) is 27.7. The van der Waals surface area contributed by atoms with E-state index in [0.29, 0.717) is 17.8 Å². The van der Waals surface area contributed by atoms with Gasteiger partial charge in [-0.1, -0.05) is 34.6 Å². The van der Waals surface area contributed by atoms with Gasteiger partial charge < -0.3 is 44.5 Å². The molecule has 0 aromatic rings. The van der Waals surface area contributed by atoms with Crippen LogP contribution in [0.4, 0.5) is 0 Å². The first-order chi connectivity index (χ1) is 20.4. The largest absolute Gasteiger partial charge is 0.388 e. The molecule has 44 heavy (non-hydrogen) atoms. The topological polar surface area (TPSA) is 138 Å². The normalized spacial score (nSPS) is 62.2. The third-order valence-corrected chi connectivity index (χ3v) is 15.9. The van der Waals surface area contributed by atoms with Crippen molar-refractivity contribution in [1.29, 1.82) is 0 Å². The Morgan fingerprint density at radius 3 is 2.23 bits per heavy atom. The molecule has 5 N–H and O–H groups in total. The van der Waals surface area contributed by atoms with E-state index in [-0.39, 0.29) is 51.8 Å². The smallest absolute Gasteiger partial charge is 0.199 e. The highest BCUT2D eigenvalue weighted by Gasteiger charge is 2.88. The van der Waals surface area contributed by atoms with Crippen molar-refractivity contribution >= 4 is 0 Å². The summed E-state index contributed by atoms with van der Waals surface area (Å²) in [4.78, 5) is 0. The van der Waals surface area contributed by atoms with Crippen molar-refractivity contribution in [2.45, 2.75) is 160 Å². The Hall–Kier alpha value is -0.360. The summed E-state index contributed by atoms with van der Waals surface area (Å²) >= 11 is 0. The fourth-order valence-electron chi connectivity index (χ4n) is 14.0. The van der Waals surface area contributed by atoms with Gasteiger partial charge in [-0.05, 0) is 105 Å². The molecule has 5 aliphatic carbocycles. The van der Waals surface area contributed by atoms with Crippen LogP contribution in [0.1, 0.15) is 99.8 Å². The molecule has 3 heterocycles. The van der Waals surface area contributed by atoms with Gasteiger partial charge in [-0.2, -0.15) is 0 Å². The minimum Gasteiger partial charge on any atom is -0.388 e. The second-order valence-electron chi connectivity index (χ2n) is 18.3. The summed E-state index contributed by atoms with van der Waals surface area (Å²) < 4.78 is 25.8. The zero-order chi connectivity index (χ0) is 31.6. The van der Waals surface area contributed by atoms with E-state index in [1.807, 2.05) is 0 Å². The predicted octanol–water partition coefficient (Wildman–Crippen LogP) is 3.12. The Morgan fingerprint density at radius 2 is 1.52 bits per heavy atom. The van der Waals surface area contributed by atoms with Gasteiger partial charge in [0.1, 0.15) is 30.5 Å². The first-order valence-electron chi connectivity index (χ1n) is 17.5. The summed E-state index contributed by atoms with van der Waals surface area (Å²) in [5.41, 5.74) is -1.39. The van der Waals surface area contributed by atoms with Crippen LogP contribution in [0, 0.1) is 50.7 Å². The van der Waals surface area contributed by atoms with Crippen molar-refractivity contribution in [2.24, 2.45) is 50.7 Å². The average Bonchev–Trinajstić information content (AvgIpc) is 3.45. The van der Waals surface area contributed by atoms with E-state index in [9.17, 15) is 25.5 Å². The van der Waals surface area contributed by atoms with Crippen LogP contribution >= 0.6 is 0 Å². The van der Waals surface area contributed by atoms with Crippen molar-refractivity contribution < 1.29 is 44.5 Å². The Balaban J connectivity index is 1.10. The van der Waals surface area contributed by atoms with E-state index in [1.165, 1.54) is 6.42 Å². The number of hydrogen-bond acceptors (Lipinski definition) is 9. The molecule has 8 fully saturated rings. The molecule has 0 aromatic carbocycles. The van der Waals surface area contributed by atoms with Crippen LogP contribution in [-0.2, 0) is 18.9 Å². The predicted molar refractivity (Wildman–Crippen MR) is 159 cm³/mol. The molecule has 0 unspecified atom stereocenters. The van der Waals surface area contributed by atoms with Gasteiger partial charge >= 0.3 is 0 Å². The number of fused-ring (bicyclic) bond motifs is 4. The molecule has 0 radical (unpaired) electrons. The van der Waals surface area contributed by atoms with Gasteiger partial charge in [0.15, 0.2) is 12.1 Å². The Morgan fingerprint density at radius 1 is 0.841 bits per heavy atom. The lowest BCUT2D eigenvalue weighted by molar-refractivity contribution is -0.303. The Labute approximate surface area is 262 Å². The molecular formula is C35H56O9. The van der Waals surface area contributed by atoms with Crippen LogP contribution in [0.5, 0.6) is 0 Å². The lowest BCUT2D eigenvalue weighted by Gasteiger charge is -2.63. The molecule has 8 aliphatic rings. The van der Waals surface area contributed by atoms with E-state index in [4.69, 9.17) is 18.9 Å². The van der Waals surface area contributed by atoms with Crippen molar-refractivity contribution in [2.75, 3.05) is 6.61 Å². The quantitative estimate of drug-likeness (QED) is 0.301. The lowest BCUT2D eigenvalue weighted by atomic mass is 9.41. The Bertz CT molecular complexity index is 1200. The number of ether oxygens (including phenoxy) is 4. The molecule has 9 nitrogen and oxygen atoms in total. The van der Waals surface area contributed by atoms with E-state index in [2.05, 4.69) is 34.6 Å². The van der Waals surface area contributed by atoms with Crippen molar-refractivity contribution in [3.8, 4) is 0 Å². The van der Waals surface area contributed by atoms with Crippen molar-refractivity contribution in [1.82, 2.24) is 0 Å². The van der Waals surface area contributed by atoms with Gasteiger partial charge in [-0.3, -0.25) is 0 Å². The van der Waals surface area contributed by atoms with E-state index >= 15 is 0 Å². The highest BCUT2D eigenvalue weighted by Crippen LogP contribution is 2.90. The molecule has 3 saturated heterocycles. The van der Waals surface area contributed by atoms with Crippen LogP contribution in [-0.4, -0.2) is 92.5 Å². The molecule has 0 aromatic heterocycles. The molecule has 17 atom stereocenters. The van der Waals surface area contributed by atoms with Gasteiger partial charge in [-0.25, -0.2) is 0 Å². The van der Waals surface area contributed by atoms with Gasteiger partial charge in [-0.15, -0.1) is 0 Å². The van der Waals surface area contributed by atoms with E-state index in [0.717, 1.165) is 44.9 Å².